The van der Waals surface area contributed by atoms with E-state index in [0.29, 0.717) is 16.9 Å². The molecule has 3 N–H and O–H groups in total. The SMILES string of the molecule is C[C@@H](Oc1cccc(-c2ccccc2C(=O)O)c1)C(N)=O. The van der Waals surface area contributed by atoms with Gasteiger partial charge >= 0.3 is 5.97 Å². The Morgan fingerprint density at radius 1 is 1.14 bits per heavy atom. The van der Waals surface area contributed by atoms with Crippen molar-refractivity contribution in [3.05, 3.63) is 54.1 Å². The predicted molar refractivity (Wildman–Crippen MR) is 78.1 cm³/mol. The number of carboxylic acids is 1. The van der Waals surface area contributed by atoms with E-state index in [0.717, 1.165) is 0 Å². The molecule has 0 bridgehead atoms. The Morgan fingerprint density at radius 2 is 1.86 bits per heavy atom. The van der Waals surface area contributed by atoms with E-state index in [1.807, 2.05) is 0 Å². The highest BCUT2D eigenvalue weighted by Crippen LogP contribution is 2.27. The number of benzene rings is 2. The Labute approximate surface area is 122 Å². The van der Waals surface area contributed by atoms with Gasteiger partial charge in [-0.15, -0.1) is 0 Å². The second kappa shape index (κ2) is 6.09. The quantitative estimate of drug-likeness (QED) is 0.882. The summed E-state index contributed by atoms with van der Waals surface area (Å²) in [5, 5.41) is 9.22. The van der Waals surface area contributed by atoms with Crippen LogP contribution in [0.3, 0.4) is 0 Å². The maximum Gasteiger partial charge on any atom is 0.336 e. The van der Waals surface area contributed by atoms with Gasteiger partial charge in [-0.1, -0.05) is 30.3 Å². The summed E-state index contributed by atoms with van der Waals surface area (Å²) < 4.78 is 5.42. The molecule has 0 aromatic heterocycles. The third-order valence-electron chi connectivity index (χ3n) is 3.02. The molecule has 1 atom stereocenters. The minimum absolute atomic E-state index is 0.206. The molecular weight excluding hydrogens is 270 g/mol. The summed E-state index contributed by atoms with van der Waals surface area (Å²) in [6.07, 6.45) is -0.755. The van der Waals surface area contributed by atoms with E-state index in [1.54, 1.807) is 49.4 Å². The van der Waals surface area contributed by atoms with Crippen LogP contribution in [-0.4, -0.2) is 23.1 Å². The molecule has 0 aliphatic heterocycles. The number of aromatic carboxylic acids is 1. The first-order chi connectivity index (χ1) is 9.99. The van der Waals surface area contributed by atoms with Gasteiger partial charge in [-0.05, 0) is 36.2 Å². The molecule has 0 fully saturated rings. The van der Waals surface area contributed by atoms with Crippen LogP contribution in [0.25, 0.3) is 11.1 Å². The first-order valence-electron chi connectivity index (χ1n) is 6.38. The number of ether oxygens (including phenoxy) is 1. The molecule has 0 aliphatic rings. The van der Waals surface area contributed by atoms with E-state index in [2.05, 4.69) is 0 Å². The predicted octanol–water partition coefficient (Wildman–Crippen LogP) is 2.30. The summed E-state index contributed by atoms with van der Waals surface area (Å²) in [4.78, 5) is 22.3. The van der Waals surface area contributed by atoms with Crippen molar-refractivity contribution in [3.63, 3.8) is 0 Å². The highest BCUT2D eigenvalue weighted by molar-refractivity contribution is 5.96. The van der Waals surface area contributed by atoms with Crippen LogP contribution in [-0.2, 0) is 4.79 Å². The molecule has 2 rings (SSSR count). The summed E-state index contributed by atoms with van der Waals surface area (Å²) >= 11 is 0. The van der Waals surface area contributed by atoms with Gasteiger partial charge in [-0.2, -0.15) is 0 Å². The number of carbonyl (C=O) groups is 2. The first kappa shape index (κ1) is 14.6. The van der Waals surface area contributed by atoms with Crippen molar-refractivity contribution >= 4 is 11.9 Å². The molecule has 0 saturated carbocycles. The van der Waals surface area contributed by atoms with Gasteiger partial charge in [0.15, 0.2) is 6.10 Å². The third-order valence-corrected chi connectivity index (χ3v) is 3.02. The lowest BCUT2D eigenvalue weighted by atomic mass is 9.99. The summed E-state index contributed by atoms with van der Waals surface area (Å²) in [5.74, 6) is -1.10. The number of hydrogen-bond acceptors (Lipinski definition) is 3. The van der Waals surface area contributed by atoms with Crippen LogP contribution in [0.4, 0.5) is 0 Å². The van der Waals surface area contributed by atoms with Gasteiger partial charge in [0, 0.05) is 0 Å². The van der Waals surface area contributed by atoms with Crippen molar-refractivity contribution in [3.8, 4) is 16.9 Å². The lowest BCUT2D eigenvalue weighted by molar-refractivity contribution is -0.123. The maximum absolute atomic E-state index is 11.3. The number of primary amides is 1. The van der Waals surface area contributed by atoms with Crippen molar-refractivity contribution in [1.82, 2.24) is 0 Å². The zero-order chi connectivity index (χ0) is 15.4. The van der Waals surface area contributed by atoms with Gasteiger partial charge in [0.1, 0.15) is 5.75 Å². The molecule has 1 amide bonds. The summed E-state index contributed by atoms with van der Waals surface area (Å²) in [7, 11) is 0. The zero-order valence-electron chi connectivity index (χ0n) is 11.4. The standard InChI is InChI=1S/C16H15NO4/c1-10(15(17)18)21-12-6-4-5-11(9-12)13-7-2-3-8-14(13)16(19)20/h2-10H,1H3,(H2,17,18)(H,19,20)/t10-/m1/s1. The number of nitrogens with two attached hydrogens (primary N) is 1. The molecule has 0 saturated heterocycles. The Bertz CT molecular complexity index is 681. The second-order valence-corrected chi connectivity index (χ2v) is 4.54. The van der Waals surface area contributed by atoms with Crippen molar-refractivity contribution in [2.24, 2.45) is 5.73 Å². The third kappa shape index (κ3) is 3.39. The minimum atomic E-state index is -0.998. The molecule has 0 aliphatic carbocycles. The fourth-order valence-electron chi connectivity index (χ4n) is 1.92. The topological polar surface area (TPSA) is 89.6 Å². The Kier molecular flexibility index (Phi) is 4.23. The van der Waals surface area contributed by atoms with Gasteiger partial charge in [0.25, 0.3) is 5.91 Å². The normalized spacial score (nSPS) is 11.7. The number of rotatable bonds is 5. The number of hydrogen-bond donors (Lipinski definition) is 2. The van der Waals surface area contributed by atoms with Crippen molar-refractivity contribution in [2.45, 2.75) is 13.0 Å². The molecule has 108 valence electrons. The molecular formula is C16H15NO4. The van der Waals surface area contributed by atoms with Crippen LogP contribution < -0.4 is 10.5 Å². The molecule has 0 heterocycles. The number of amides is 1. The van der Waals surface area contributed by atoms with Gasteiger partial charge in [-0.25, -0.2) is 4.79 Å². The van der Waals surface area contributed by atoms with E-state index in [4.69, 9.17) is 10.5 Å². The average Bonchev–Trinajstić information content (AvgIpc) is 2.47. The second-order valence-electron chi connectivity index (χ2n) is 4.54. The monoisotopic (exact) mass is 285 g/mol. The van der Waals surface area contributed by atoms with E-state index in [9.17, 15) is 14.7 Å². The number of carbonyl (C=O) groups excluding carboxylic acids is 1. The van der Waals surface area contributed by atoms with Crippen LogP contribution in [0.2, 0.25) is 0 Å². The van der Waals surface area contributed by atoms with Crippen molar-refractivity contribution in [2.75, 3.05) is 0 Å². The fourth-order valence-corrected chi connectivity index (χ4v) is 1.92. The molecule has 5 nitrogen and oxygen atoms in total. The first-order valence-corrected chi connectivity index (χ1v) is 6.38. The molecule has 0 spiro atoms. The highest BCUT2D eigenvalue weighted by atomic mass is 16.5. The zero-order valence-corrected chi connectivity index (χ0v) is 11.4. The van der Waals surface area contributed by atoms with Gasteiger partial charge in [0.05, 0.1) is 5.56 Å². The van der Waals surface area contributed by atoms with E-state index in [-0.39, 0.29) is 5.56 Å². The Morgan fingerprint density at radius 3 is 2.52 bits per heavy atom. The molecule has 5 heteroatoms. The summed E-state index contributed by atoms with van der Waals surface area (Å²) in [5.41, 5.74) is 6.64. The van der Waals surface area contributed by atoms with Crippen molar-refractivity contribution < 1.29 is 19.4 Å². The summed E-state index contributed by atoms with van der Waals surface area (Å²) in [6, 6.07) is 13.6. The van der Waals surface area contributed by atoms with Gasteiger partial charge in [-0.3, -0.25) is 4.79 Å². The lowest BCUT2D eigenvalue weighted by Gasteiger charge is -2.13. The smallest absolute Gasteiger partial charge is 0.336 e. The van der Waals surface area contributed by atoms with Gasteiger partial charge < -0.3 is 15.6 Å². The van der Waals surface area contributed by atoms with Gasteiger partial charge in [0.2, 0.25) is 0 Å². The minimum Gasteiger partial charge on any atom is -0.481 e. The Hall–Kier alpha value is -2.82. The summed E-state index contributed by atoms with van der Waals surface area (Å²) in [6.45, 7) is 1.56. The van der Waals surface area contributed by atoms with Crippen LogP contribution in [0.5, 0.6) is 5.75 Å². The largest absolute Gasteiger partial charge is 0.481 e. The highest BCUT2D eigenvalue weighted by Gasteiger charge is 2.13. The van der Waals surface area contributed by atoms with Crippen LogP contribution >= 0.6 is 0 Å². The number of carboxylic acid groups (broad SMARTS) is 1. The van der Waals surface area contributed by atoms with Crippen LogP contribution in [0.1, 0.15) is 17.3 Å². The lowest BCUT2D eigenvalue weighted by Crippen LogP contribution is -2.30. The van der Waals surface area contributed by atoms with E-state index >= 15 is 0 Å². The molecule has 21 heavy (non-hydrogen) atoms. The Balaban J connectivity index is 2.38. The fraction of sp³-hybridized carbons (Fsp3) is 0.125. The van der Waals surface area contributed by atoms with Crippen molar-refractivity contribution in [1.29, 1.82) is 0 Å². The van der Waals surface area contributed by atoms with E-state index in [1.165, 1.54) is 6.07 Å². The molecule has 2 aromatic rings. The molecule has 0 unspecified atom stereocenters. The van der Waals surface area contributed by atoms with E-state index < -0.39 is 18.0 Å². The maximum atomic E-state index is 11.3. The van der Waals surface area contributed by atoms with Crippen LogP contribution in [0.15, 0.2) is 48.5 Å². The molecule has 0 radical (unpaired) electrons. The molecule has 2 aromatic carbocycles. The average molecular weight is 285 g/mol. The van der Waals surface area contributed by atoms with Crippen LogP contribution in [0, 0.1) is 0 Å².